The molecule has 1 aliphatic heterocycles. The number of carbonyl (C=O) groups is 1. The van der Waals surface area contributed by atoms with Crippen LogP contribution in [0.4, 0.5) is 5.69 Å². The third-order valence-corrected chi connectivity index (χ3v) is 5.30. The van der Waals surface area contributed by atoms with Crippen LogP contribution >= 0.6 is 0 Å². The van der Waals surface area contributed by atoms with Crippen LogP contribution in [0, 0.1) is 0 Å². The monoisotopic (exact) mass is 405 g/mol. The summed E-state index contributed by atoms with van der Waals surface area (Å²) in [6.45, 7) is 2.89. The Morgan fingerprint density at radius 3 is 2.67 bits per heavy atom. The molecule has 0 spiro atoms. The Balaban J connectivity index is 1.41. The minimum absolute atomic E-state index is 0.158. The number of methoxy groups -OCH3 is 1. The van der Waals surface area contributed by atoms with Crippen LogP contribution in [0.2, 0.25) is 0 Å². The average Bonchev–Trinajstić information content (AvgIpc) is 3.08. The minimum atomic E-state index is -0.395. The standard InChI is InChI=1S/C24H23NO5/c1-16-11-19-5-3-4-6-21(19)25(16)13-20-12-22(26)23(15-29-20)30-14-17-7-9-18(10-8-17)24(27)28-2/h3-10,12,15-16H,11,13-14H2,1-2H3/t16-/m1/s1. The lowest BCUT2D eigenvalue weighted by atomic mass is 10.1. The molecule has 30 heavy (non-hydrogen) atoms. The number of rotatable bonds is 6. The van der Waals surface area contributed by atoms with E-state index in [1.54, 1.807) is 24.3 Å². The molecule has 1 aromatic heterocycles. The second kappa shape index (κ2) is 8.45. The maximum Gasteiger partial charge on any atom is 0.337 e. The largest absolute Gasteiger partial charge is 0.482 e. The molecule has 0 fully saturated rings. The first-order valence-electron chi connectivity index (χ1n) is 9.81. The quantitative estimate of drug-likeness (QED) is 0.579. The van der Waals surface area contributed by atoms with Gasteiger partial charge < -0.3 is 18.8 Å². The maximum atomic E-state index is 12.5. The third kappa shape index (κ3) is 4.08. The van der Waals surface area contributed by atoms with Crippen molar-refractivity contribution in [2.45, 2.75) is 32.5 Å². The Kier molecular flexibility index (Phi) is 5.57. The van der Waals surface area contributed by atoms with Gasteiger partial charge in [0.2, 0.25) is 11.2 Å². The van der Waals surface area contributed by atoms with Crippen molar-refractivity contribution in [1.29, 1.82) is 0 Å². The summed E-state index contributed by atoms with van der Waals surface area (Å²) in [5.41, 5.74) is 3.56. The number of ether oxygens (including phenoxy) is 2. The molecule has 0 saturated heterocycles. The van der Waals surface area contributed by atoms with E-state index in [0.29, 0.717) is 23.9 Å². The summed E-state index contributed by atoms with van der Waals surface area (Å²) in [5.74, 6) is 0.359. The number of hydrogen-bond acceptors (Lipinski definition) is 6. The fraction of sp³-hybridized carbons (Fsp3) is 0.250. The van der Waals surface area contributed by atoms with E-state index < -0.39 is 5.97 Å². The molecule has 0 aliphatic carbocycles. The lowest BCUT2D eigenvalue weighted by molar-refractivity contribution is 0.0600. The van der Waals surface area contributed by atoms with E-state index in [2.05, 4.69) is 28.7 Å². The van der Waals surface area contributed by atoms with Crippen molar-refractivity contribution in [3.8, 4) is 5.75 Å². The van der Waals surface area contributed by atoms with E-state index in [1.165, 1.54) is 30.7 Å². The zero-order valence-corrected chi connectivity index (χ0v) is 17.0. The topological polar surface area (TPSA) is 69.0 Å². The summed E-state index contributed by atoms with van der Waals surface area (Å²) in [6.07, 6.45) is 2.35. The number of para-hydroxylation sites is 1. The van der Waals surface area contributed by atoms with Crippen LogP contribution in [0.3, 0.4) is 0 Å². The van der Waals surface area contributed by atoms with Crippen molar-refractivity contribution in [3.63, 3.8) is 0 Å². The van der Waals surface area contributed by atoms with Gasteiger partial charge in [-0.05, 0) is 42.7 Å². The van der Waals surface area contributed by atoms with Crippen LogP contribution in [-0.4, -0.2) is 19.1 Å². The zero-order chi connectivity index (χ0) is 21.1. The molecule has 2 aromatic carbocycles. The van der Waals surface area contributed by atoms with Gasteiger partial charge in [-0.3, -0.25) is 4.79 Å². The van der Waals surface area contributed by atoms with Gasteiger partial charge in [-0.25, -0.2) is 4.79 Å². The second-order valence-corrected chi connectivity index (χ2v) is 7.36. The average molecular weight is 405 g/mol. The number of anilines is 1. The molecule has 6 heteroatoms. The summed E-state index contributed by atoms with van der Waals surface area (Å²) in [7, 11) is 1.34. The molecule has 3 aromatic rings. The van der Waals surface area contributed by atoms with Crippen LogP contribution in [0.15, 0.2) is 70.1 Å². The first kappa shape index (κ1) is 19.8. The normalized spacial score (nSPS) is 15.0. The molecule has 154 valence electrons. The maximum absolute atomic E-state index is 12.5. The van der Waals surface area contributed by atoms with Crippen molar-refractivity contribution in [1.82, 2.24) is 0 Å². The fourth-order valence-electron chi connectivity index (χ4n) is 3.68. The summed E-state index contributed by atoms with van der Waals surface area (Å²) in [5, 5.41) is 0. The molecular weight excluding hydrogens is 382 g/mol. The van der Waals surface area contributed by atoms with Gasteiger partial charge in [0.25, 0.3) is 0 Å². The number of benzene rings is 2. The molecule has 0 N–H and O–H groups in total. The molecule has 0 bridgehead atoms. The first-order chi connectivity index (χ1) is 14.5. The predicted octanol–water partition coefficient (Wildman–Crippen LogP) is 3.96. The molecule has 0 saturated carbocycles. The van der Waals surface area contributed by atoms with Gasteiger partial charge in [0, 0.05) is 17.8 Å². The number of fused-ring (bicyclic) bond motifs is 1. The van der Waals surface area contributed by atoms with Gasteiger partial charge in [0.1, 0.15) is 18.6 Å². The molecule has 0 amide bonds. The smallest absolute Gasteiger partial charge is 0.337 e. The van der Waals surface area contributed by atoms with Gasteiger partial charge in [0.05, 0.1) is 19.2 Å². The Labute approximate surface area is 174 Å². The van der Waals surface area contributed by atoms with Gasteiger partial charge in [-0.2, -0.15) is 0 Å². The minimum Gasteiger partial charge on any atom is -0.482 e. The molecule has 1 atom stereocenters. The molecule has 0 unspecified atom stereocenters. The van der Waals surface area contributed by atoms with Crippen LogP contribution in [0.1, 0.15) is 34.2 Å². The number of esters is 1. The van der Waals surface area contributed by atoms with Crippen LogP contribution in [0.5, 0.6) is 5.75 Å². The van der Waals surface area contributed by atoms with Crippen LogP contribution < -0.4 is 15.1 Å². The van der Waals surface area contributed by atoms with Crippen molar-refractivity contribution in [3.05, 3.63) is 93.5 Å². The molecule has 6 nitrogen and oxygen atoms in total. The van der Waals surface area contributed by atoms with Gasteiger partial charge >= 0.3 is 5.97 Å². The SMILES string of the molecule is COC(=O)c1ccc(COc2coc(CN3c4ccccc4C[C@H]3C)cc2=O)cc1. The van der Waals surface area contributed by atoms with Crippen molar-refractivity contribution in [2.24, 2.45) is 0 Å². The highest BCUT2D eigenvalue weighted by Gasteiger charge is 2.26. The van der Waals surface area contributed by atoms with Crippen LogP contribution in [-0.2, 0) is 24.3 Å². The summed E-state index contributed by atoms with van der Waals surface area (Å²) >= 11 is 0. The lowest BCUT2D eigenvalue weighted by Crippen LogP contribution is -2.29. The van der Waals surface area contributed by atoms with E-state index in [9.17, 15) is 9.59 Å². The molecule has 4 rings (SSSR count). The highest BCUT2D eigenvalue weighted by Crippen LogP contribution is 2.33. The number of carbonyl (C=O) groups excluding carboxylic acids is 1. The van der Waals surface area contributed by atoms with Crippen molar-refractivity contribution in [2.75, 3.05) is 12.0 Å². The third-order valence-electron chi connectivity index (χ3n) is 5.30. The van der Waals surface area contributed by atoms with E-state index in [1.807, 2.05) is 12.1 Å². The fourth-order valence-corrected chi connectivity index (χ4v) is 3.68. The molecule has 0 radical (unpaired) electrons. The van der Waals surface area contributed by atoms with Crippen molar-refractivity contribution < 1.29 is 18.7 Å². The highest BCUT2D eigenvalue weighted by molar-refractivity contribution is 5.89. The Hall–Kier alpha value is -3.54. The Morgan fingerprint density at radius 1 is 1.17 bits per heavy atom. The first-order valence-corrected chi connectivity index (χ1v) is 9.81. The Bertz CT molecular complexity index is 1100. The van der Waals surface area contributed by atoms with E-state index in [0.717, 1.165) is 12.0 Å². The van der Waals surface area contributed by atoms with Gasteiger partial charge in [-0.15, -0.1) is 0 Å². The zero-order valence-electron chi connectivity index (χ0n) is 17.0. The summed E-state index contributed by atoms with van der Waals surface area (Å²) in [6, 6.07) is 17.0. The van der Waals surface area contributed by atoms with E-state index >= 15 is 0 Å². The van der Waals surface area contributed by atoms with E-state index in [-0.39, 0.29) is 17.8 Å². The van der Waals surface area contributed by atoms with Gasteiger partial charge in [-0.1, -0.05) is 30.3 Å². The highest BCUT2D eigenvalue weighted by atomic mass is 16.5. The van der Waals surface area contributed by atoms with Gasteiger partial charge in [0.15, 0.2) is 0 Å². The number of hydrogen-bond donors (Lipinski definition) is 0. The molecule has 2 heterocycles. The lowest BCUT2D eigenvalue weighted by Gasteiger charge is -2.24. The predicted molar refractivity (Wildman–Crippen MR) is 113 cm³/mol. The van der Waals surface area contributed by atoms with Crippen molar-refractivity contribution >= 4 is 11.7 Å². The Morgan fingerprint density at radius 2 is 1.93 bits per heavy atom. The second-order valence-electron chi connectivity index (χ2n) is 7.36. The number of nitrogens with zero attached hydrogens (tertiary/aromatic N) is 1. The van der Waals surface area contributed by atoms with E-state index in [4.69, 9.17) is 9.15 Å². The summed E-state index contributed by atoms with van der Waals surface area (Å²) in [4.78, 5) is 26.2. The van der Waals surface area contributed by atoms with Crippen LogP contribution in [0.25, 0.3) is 0 Å². The summed E-state index contributed by atoms with van der Waals surface area (Å²) < 4.78 is 16.0. The molecule has 1 aliphatic rings. The molecular formula is C24H23NO5.